The molecule has 0 saturated heterocycles. The molecule has 4 heterocycles. The molecule has 0 fully saturated rings. The van der Waals surface area contributed by atoms with Crippen molar-refractivity contribution in [2.24, 2.45) is 7.05 Å². The Morgan fingerprint density at radius 3 is 2.74 bits per heavy atom. The van der Waals surface area contributed by atoms with E-state index in [4.69, 9.17) is 0 Å². The van der Waals surface area contributed by atoms with Gasteiger partial charge < -0.3 is 14.8 Å². The maximum atomic E-state index is 13.4. The van der Waals surface area contributed by atoms with Crippen LogP contribution in [-0.2, 0) is 24.8 Å². The maximum Gasteiger partial charge on any atom is 0.291 e. The number of anilines is 1. The van der Waals surface area contributed by atoms with Crippen LogP contribution in [-0.4, -0.2) is 54.4 Å². The first kappa shape index (κ1) is 23.2. The second-order valence-corrected chi connectivity index (χ2v) is 9.21. The van der Waals surface area contributed by atoms with E-state index < -0.39 is 11.9 Å². The van der Waals surface area contributed by atoms with Crippen LogP contribution >= 0.6 is 0 Å². The van der Waals surface area contributed by atoms with Crippen LogP contribution in [0.15, 0.2) is 67.1 Å². The first-order valence-electron chi connectivity index (χ1n) is 12.1. The second kappa shape index (κ2) is 9.37. The van der Waals surface area contributed by atoms with E-state index in [2.05, 4.69) is 37.4 Å². The SMILES string of the molecule is CN1C(=O)[C@@H](NC(=O)c2n[nH]c(Cc3ccccc3)n2)Cn2cc(C#Cc3cnn(C)c3)c3cccc1c32. The van der Waals surface area contributed by atoms with Gasteiger partial charge in [-0.15, -0.1) is 5.10 Å². The number of aryl methyl sites for hydroxylation is 1. The van der Waals surface area contributed by atoms with Crippen molar-refractivity contribution in [3.63, 3.8) is 0 Å². The smallest absolute Gasteiger partial charge is 0.291 e. The standard InChI is InChI=1S/C28H24N8O2/c1-34-15-19(14-29-34)11-12-20-16-36-17-22(28(38)35(2)23-10-6-9-21(20)25(23)36)30-27(37)26-31-24(32-33-26)13-18-7-4-3-5-8-18/h3-10,14-16,22H,13,17H2,1-2H3,(H,30,37)(H,31,32,33)/t22-/m0/s1. The summed E-state index contributed by atoms with van der Waals surface area (Å²) in [6.45, 7) is 0.248. The number of benzene rings is 2. The quantitative estimate of drug-likeness (QED) is 0.365. The molecule has 0 unspecified atom stereocenters. The van der Waals surface area contributed by atoms with Crippen molar-refractivity contribution in [2.75, 3.05) is 11.9 Å². The van der Waals surface area contributed by atoms with Crippen molar-refractivity contribution >= 4 is 28.4 Å². The number of hydrogen-bond acceptors (Lipinski definition) is 5. The normalized spacial score (nSPS) is 14.7. The molecule has 6 rings (SSSR count). The Morgan fingerprint density at radius 1 is 1.11 bits per heavy atom. The predicted molar refractivity (Wildman–Crippen MR) is 141 cm³/mol. The van der Waals surface area contributed by atoms with Gasteiger partial charge in [-0.05, 0) is 11.6 Å². The van der Waals surface area contributed by atoms with Gasteiger partial charge in [-0.1, -0.05) is 54.3 Å². The molecular formula is C28H24N8O2. The van der Waals surface area contributed by atoms with Crippen LogP contribution in [0.3, 0.4) is 0 Å². The van der Waals surface area contributed by atoms with Crippen molar-refractivity contribution in [1.82, 2.24) is 34.8 Å². The minimum Gasteiger partial charge on any atom is -0.342 e. The van der Waals surface area contributed by atoms with Crippen molar-refractivity contribution in [3.8, 4) is 11.8 Å². The number of hydrogen-bond donors (Lipinski definition) is 2. The molecule has 38 heavy (non-hydrogen) atoms. The fourth-order valence-electron chi connectivity index (χ4n) is 4.70. The Balaban J connectivity index is 1.27. The average Bonchev–Trinajstić information content (AvgIpc) is 3.64. The number of para-hydroxylation sites is 1. The molecule has 5 aromatic rings. The van der Waals surface area contributed by atoms with Crippen LogP contribution in [0.25, 0.3) is 10.9 Å². The number of nitrogens with zero attached hydrogens (tertiary/aromatic N) is 6. The maximum absolute atomic E-state index is 13.4. The van der Waals surface area contributed by atoms with Gasteiger partial charge in [-0.3, -0.25) is 19.4 Å². The van der Waals surface area contributed by atoms with E-state index >= 15 is 0 Å². The van der Waals surface area contributed by atoms with Gasteiger partial charge in [-0.25, -0.2) is 4.98 Å². The summed E-state index contributed by atoms with van der Waals surface area (Å²) >= 11 is 0. The lowest BCUT2D eigenvalue weighted by molar-refractivity contribution is -0.120. The summed E-state index contributed by atoms with van der Waals surface area (Å²) in [5.41, 5.74) is 4.33. The molecule has 0 spiro atoms. The zero-order valence-electron chi connectivity index (χ0n) is 20.8. The molecule has 2 N–H and O–H groups in total. The number of H-pyrrole nitrogens is 1. The summed E-state index contributed by atoms with van der Waals surface area (Å²) < 4.78 is 3.68. The Hall–Kier alpha value is -5.17. The van der Waals surface area contributed by atoms with Gasteiger partial charge in [0.1, 0.15) is 11.9 Å². The highest BCUT2D eigenvalue weighted by molar-refractivity contribution is 6.08. The van der Waals surface area contributed by atoms with Gasteiger partial charge in [0.15, 0.2) is 0 Å². The predicted octanol–water partition coefficient (Wildman–Crippen LogP) is 2.26. The minimum absolute atomic E-state index is 0.00572. The molecule has 0 saturated carbocycles. The van der Waals surface area contributed by atoms with Crippen LogP contribution < -0.4 is 10.2 Å². The lowest BCUT2D eigenvalue weighted by atomic mass is 10.1. The third-order valence-corrected chi connectivity index (χ3v) is 6.55. The van der Waals surface area contributed by atoms with E-state index in [-0.39, 0.29) is 18.3 Å². The van der Waals surface area contributed by atoms with Gasteiger partial charge in [-0.2, -0.15) is 5.10 Å². The molecule has 1 aliphatic heterocycles. The number of aromatic nitrogens is 6. The minimum atomic E-state index is -0.814. The molecule has 2 amide bonds. The van der Waals surface area contributed by atoms with Gasteiger partial charge in [0, 0.05) is 38.3 Å². The van der Waals surface area contributed by atoms with E-state index in [0.29, 0.717) is 12.2 Å². The molecule has 0 aliphatic carbocycles. The lowest BCUT2D eigenvalue weighted by Gasteiger charge is -2.21. The summed E-state index contributed by atoms with van der Waals surface area (Å²) in [5.74, 6) is 6.22. The fraction of sp³-hybridized carbons (Fsp3) is 0.179. The number of aromatic amines is 1. The molecule has 1 aliphatic rings. The molecule has 188 valence electrons. The Kier molecular flexibility index (Phi) is 5.73. The Labute approximate surface area is 218 Å². The summed E-state index contributed by atoms with van der Waals surface area (Å²) in [7, 11) is 3.56. The number of amides is 2. The highest BCUT2D eigenvalue weighted by Crippen LogP contribution is 2.32. The number of carbonyl (C=O) groups is 2. The fourth-order valence-corrected chi connectivity index (χ4v) is 4.70. The molecule has 2 aromatic carbocycles. The van der Waals surface area contributed by atoms with Gasteiger partial charge in [0.2, 0.25) is 5.82 Å². The van der Waals surface area contributed by atoms with Crippen molar-refractivity contribution in [2.45, 2.75) is 19.0 Å². The largest absolute Gasteiger partial charge is 0.342 e. The highest BCUT2D eigenvalue weighted by atomic mass is 16.2. The van der Waals surface area contributed by atoms with Crippen LogP contribution in [0.5, 0.6) is 0 Å². The van der Waals surface area contributed by atoms with Gasteiger partial charge in [0.05, 0.1) is 35.1 Å². The third-order valence-electron chi connectivity index (χ3n) is 6.55. The molecule has 10 heteroatoms. The lowest BCUT2D eigenvalue weighted by Crippen LogP contribution is -2.48. The molecule has 1 atom stereocenters. The summed E-state index contributed by atoms with van der Waals surface area (Å²) in [4.78, 5) is 32.4. The van der Waals surface area contributed by atoms with Crippen molar-refractivity contribution < 1.29 is 9.59 Å². The van der Waals surface area contributed by atoms with E-state index in [9.17, 15) is 9.59 Å². The summed E-state index contributed by atoms with van der Waals surface area (Å²) in [6.07, 6.45) is 6.01. The average molecular weight is 505 g/mol. The molecule has 0 radical (unpaired) electrons. The number of likely N-dealkylation sites (N-methyl/N-ethyl adjacent to an activating group) is 1. The topological polar surface area (TPSA) is 114 Å². The van der Waals surface area contributed by atoms with E-state index in [1.54, 1.807) is 22.8 Å². The monoisotopic (exact) mass is 504 g/mol. The zero-order valence-corrected chi connectivity index (χ0v) is 20.8. The number of carbonyl (C=O) groups excluding carboxylic acids is 2. The van der Waals surface area contributed by atoms with Gasteiger partial charge in [0.25, 0.3) is 11.8 Å². The molecular weight excluding hydrogens is 480 g/mol. The Morgan fingerprint density at radius 2 is 1.95 bits per heavy atom. The van der Waals surface area contributed by atoms with Crippen molar-refractivity contribution in [3.05, 3.63) is 95.5 Å². The van der Waals surface area contributed by atoms with Gasteiger partial charge >= 0.3 is 0 Å². The van der Waals surface area contributed by atoms with E-state index in [1.165, 1.54) is 0 Å². The van der Waals surface area contributed by atoms with Crippen LogP contribution in [0.1, 0.15) is 33.1 Å². The molecule has 3 aromatic heterocycles. The van der Waals surface area contributed by atoms with Crippen LogP contribution in [0.4, 0.5) is 5.69 Å². The molecule has 0 bridgehead atoms. The first-order chi connectivity index (χ1) is 18.5. The Bertz CT molecular complexity index is 1730. The number of nitrogens with one attached hydrogen (secondary N) is 2. The summed E-state index contributed by atoms with van der Waals surface area (Å²) in [5, 5.41) is 14.8. The van der Waals surface area contributed by atoms with Crippen LogP contribution in [0, 0.1) is 11.8 Å². The summed E-state index contributed by atoms with van der Waals surface area (Å²) in [6, 6.07) is 14.8. The highest BCUT2D eigenvalue weighted by Gasteiger charge is 2.32. The van der Waals surface area contributed by atoms with E-state index in [1.807, 2.05) is 72.5 Å². The first-order valence-corrected chi connectivity index (χ1v) is 12.1. The van der Waals surface area contributed by atoms with E-state index in [0.717, 1.165) is 33.3 Å². The second-order valence-electron chi connectivity index (χ2n) is 9.21. The van der Waals surface area contributed by atoms with Crippen molar-refractivity contribution in [1.29, 1.82) is 0 Å². The third kappa shape index (κ3) is 4.30. The zero-order chi connectivity index (χ0) is 26.2. The van der Waals surface area contributed by atoms with Crippen LogP contribution in [0.2, 0.25) is 0 Å². The number of rotatable bonds is 4. The molecule has 10 nitrogen and oxygen atoms in total.